The summed E-state index contributed by atoms with van der Waals surface area (Å²) in [4.78, 5) is 13.0. The molecule has 0 amide bonds. The molecule has 1 saturated heterocycles. The van der Waals surface area contributed by atoms with Crippen molar-refractivity contribution < 1.29 is 4.92 Å². The van der Waals surface area contributed by atoms with Gasteiger partial charge in [0.25, 0.3) is 5.69 Å². The predicted molar refractivity (Wildman–Crippen MR) is 89.7 cm³/mol. The van der Waals surface area contributed by atoms with Gasteiger partial charge in [0.15, 0.2) is 0 Å². The van der Waals surface area contributed by atoms with Gasteiger partial charge < -0.3 is 5.73 Å². The first-order valence-corrected chi connectivity index (χ1v) is 7.69. The largest absolute Gasteiger partial charge is 0.329 e. The van der Waals surface area contributed by atoms with Crippen molar-refractivity contribution in [3.63, 3.8) is 0 Å². The van der Waals surface area contributed by atoms with Crippen LogP contribution in [0.5, 0.6) is 0 Å². The van der Waals surface area contributed by atoms with E-state index < -0.39 is 0 Å². The zero-order valence-electron chi connectivity index (χ0n) is 12.0. The van der Waals surface area contributed by atoms with E-state index >= 15 is 0 Å². The summed E-state index contributed by atoms with van der Waals surface area (Å²) < 4.78 is 0.522. The number of rotatable bonds is 4. The van der Waals surface area contributed by atoms with Crippen molar-refractivity contribution >= 4 is 34.0 Å². The van der Waals surface area contributed by atoms with Crippen LogP contribution in [0.1, 0.15) is 25.3 Å². The molecule has 1 aliphatic rings. The van der Waals surface area contributed by atoms with Crippen molar-refractivity contribution in [1.29, 1.82) is 0 Å². The summed E-state index contributed by atoms with van der Waals surface area (Å²) in [5, 5.41) is 11.0. The average molecular weight is 379 g/mol. The lowest BCUT2D eigenvalue weighted by Crippen LogP contribution is -2.47. The van der Waals surface area contributed by atoms with Crippen LogP contribution < -0.4 is 5.73 Å². The number of nitro groups is 1. The third-order valence-corrected chi connectivity index (χ3v) is 4.74. The number of hydrogen-bond acceptors (Lipinski definition) is 4. The van der Waals surface area contributed by atoms with Gasteiger partial charge in [-0.1, -0.05) is 13.0 Å². The van der Waals surface area contributed by atoms with Crippen LogP contribution in [0.15, 0.2) is 22.7 Å². The maximum Gasteiger partial charge on any atom is 0.283 e. The summed E-state index contributed by atoms with van der Waals surface area (Å²) in [6.07, 6.45) is 2.37. The SMILES string of the molecule is CC1CCCN(Cc2ccc(Br)c([N+](=O)[O-])c2)C1CN.Cl. The summed E-state index contributed by atoms with van der Waals surface area (Å²) >= 11 is 3.22. The Bertz CT molecular complexity index is 501. The molecule has 0 radical (unpaired) electrons. The van der Waals surface area contributed by atoms with Crippen LogP contribution in [0.2, 0.25) is 0 Å². The molecule has 1 aliphatic heterocycles. The van der Waals surface area contributed by atoms with Gasteiger partial charge >= 0.3 is 0 Å². The lowest BCUT2D eigenvalue weighted by atomic mass is 9.90. The van der Waals surface area contributed by atoms with Gasteiger partial charge in [-0.25, -0.2) is 0 Å². The molecular formula is C14H21BrClN3O2. The highest BCUT2D eigenvalue weighted by Gasteiger charge is 2.27. The Labute approximate surface area is 139 Å². The molecule has 5 nitrogen and oxygen atoms in total. The molecule has 1 aromatic rings. The van der Waals surface area contributed by atoms with Crippen molar-refractivity contribution in [3.05, 3.63) is 38.3 Å². The molecule has 0 aliphatic carbocycles. The summed E-state index contributed by atoms with van der Waals surface area (Å²) in [6, 6.07) is 5.70. The number of piperidine rings is 1. The van der Waals surface area contributed by atoms with Crippen LogP contribution in [0.4, 0.5) is 5.69 Å². The number of nitrogens with two attached hydrogens (primary N) is 1. The molecule has 0 bridgehead atoms. The zero-order chi connectivity index (χ0) is 14.7. The van der Waals surface area contributed by atoms with Crippen LogP contribution in [0.25, 0.3) is 0 Å². The molecular weight excluding hydrogens is 358 g/mol. The van der Waals surface area contributed by atoms with Gasteiger partial charge in [0.05, 0.1) is 9.40 Å². The van der Waals surface area contributed by atoms with Crippen molar-refractivity contribution in [2.45, 2.75) is 32.4 Å². The molecule has 1 fully saturated rings. The van der Waals surface area contributed by atoms with Crippen molar-refractivity contribution in [1.82, 2.24) is 4.90 Å². The van der Waals surface area contributed by atoms with E-state index in [4.69, 9.17) is 5.73 Å². The Kier molecular flexibility index (Phi) is 7.06. The van der Waals surface area contributed by atoms with Gasteiger partial charge in [-0.3, -0.25) is 15.0 Å². The van der Waals surface area contributed by atoms with E-state index in [9.17, 15) is 10.1 Å². The van der Waals surface area contributed by atoms with E-state index in [0.717, 1.165) is 25.1 Å². The molecule has 2 atom stereocenters. The molecule has 1 aromatic carbocycles. The molecule has 118 valence electrons. The number of hydrogen-bond donors (Lipinski definition) is 1. The van der Waals surface area contributed by atoms with Crippen LogP contribution in [-0.2, 0) is 6.54 Å². The third-order valence-electron chi connectivity index (χ3n) is 4.07. The summed E-state index contributed by atoms with van der Waals surface area (Å²) in [6.45, 7) is 4.60. The van der Waals surface area contributed by atoms with E-state index in [1.54, 1.807) is 12.1 Å². The second-order valence-corrected chi connectivity index (χ2v) is 6.29. The Morgan fingerprint density at radius 2 is 2.24 bits per heavy atom. The summed E-state index contributed by atoms with van der Waals surface area (Å²) in [5.41, 5.74) is 6.97. The van der Waals surface area contributed by atoms with E-state index in [1.165, 1.54) is 6.42 Å². The Balaban J connectivity index is 0.00000220. The maximum atomic E-state index is 11.0. The molecule has 0 aromatic heterocycles. The number of halogens is 2. The smallest absolute Gasteiger partial charge is 0.283 e. The minimum Gasteiger partial charge on any atom is -0.329 e. The van der Waals surface area contributed by atoms with Gasteiger partial charge in [-0.05, 0) is 52.9 Å². The first-order chi connectivity index (χ1) is 9.52. The fourth-order valence-electron chi connectivity index (χ4n) is 2.94. The van der Waals surface area contributed by atoms with Crippen molar-refractivity contribution in [2.75, 3.05) is 13.1 Å². The molecule has 2 N–H and O–H groups in total. The van der Waals surface area contributed by atoms with E-state index in [-0.39, 0.29) is 23.0 Å². The monoisotopic (exact) mass is 377 g/mol. The van der Waals surface area contributed by atoms with Gasteiger partial charge in [-0.15, -0.1) is 12.4 Å². The Morgan fingerprint density at radius 1 is 1.52 bits per heavy atom. The molecule has 2 rings (SSSR count). The second-order valence-electron chi connectivity index (χ2n) is 5.44. The maximum absolute atomic E-state index is 11.0. The molecule has 2 unspecified atom stereocenters. The van der Waals surface area contributed by atoms with Crippen molar-refractivity contribution in [3.8, 4) is 0 Å². The average Bonchev–Trinajstić information content (AvgIpc) is 2.41. The minimum atomic E-state index is -0.354. The number of benzene rings is 1. The van der Waals surface area contributed by atoms with Gasteiger partial charge in [0.2, 0.25) is 0 Å². The fourth-order valence-corrected chi connectivity index (χ4v) is 3.33. The van der Waals surface area contributed by atoms with E-state index in [0.29, 0.717) is 23.0 Å². The summed E-state index contributed by atoms with van der Waals surface area (Å²) in [5.74, 6) is 0.583. The fraction of sp³-hybridized carbons (Fsp3) is 0.571. The third kappa shape index (κ3) is 4.39. The molecule has 7 heteroatoms. The van der Waals surface area contributed by atoms with Gasteiger partial charge in [0.1, 0.15) is 0 Å². The van der Waals surface area contributed by atoms with Crippen molar-refractivity contribution in [2.24, 2.45) is 11.7 Å². The highest BCUT2D eigenvalue weighted by molar-refractivity contribution is 9.10. The minimum absolute atomic E-state index is 0. The number of nitro benzene ring substituents is 1. The quantitative estimate of drug-likeness (QED) is 0.644. The highest BCUT2D eigenvalue weighted by Crippen LogP contribution is 2.28. The topological polar surface area (TPSA) is 72.4 Å². The van der Waals surface area contributed by atoms with E-state index in [1.807, 2.05) is 6.07 Å². The highest BCUT2D eigenvalue weighted by atomic mass is 79.9. The lowest BCUT2D eigenvalue weighted by Gasteiger charge is -2.39. The first-order valence-electron chi connectivity index (χ1n) is 6.90. The lowest BCUT2D eigenvalue weighted by molar-refractivity contribution is -0.385. The molecule has 0 saturated carbocycles. The Morgan fingerprint density at radius 3 is 2.86 bits per heavy atom. The molecule has 21 heavy (non-hydrogen) atoms. The first kappa shape index (κ1) is 18.4. The predicted octanol–water partition coefficient (Wildman–Crippen LogP) is 3.34. The normalized spacial score (nSPS) is 22.6. The van der Waals surface area contributed by atoms with Crippen LogP contribution >= 0.6 is 28.3 Å². The van der Waals surface area contributed by atoms with Gasteiger partial charge in [0, 0.05) is 25.2 Å². The van der Waals surface area contributed by atoms with Crippen LogP contribution in [-0.4, -0.2) is 29.0 Å². The molecule has 1 heterocycles. The number of likely N-dealkylation sites (tertiary alicyclic amines) is 1. The van der Waals surface area contributed by atoms with E-state index in [2.05, 4.69) is 27.8 Å². The summed E-state index contributed by atoms with van der Waals surface area (Å²) in [7, 11) is 0. The van der Waals surface area contributed by atoms with Gasteiger partial charge in [-0.2, -0.15) is 0 Å². The molecule has 0 spiro atoms. The van der Waals surface area contributed by atoms with Crippen LogP contribution in [0, 0.1) is 16.0 Å². The standard InChI is InChI=1S/C14H20BrN3O2.ClH/c1-10-3-2-6-17(14(10)8-16)9-11-4-5-12(15)13(7-11)18(19)20;/h4-5,7,10,14H,2-3,6,8-9,16H2,1H3;1H. The Hall–Kier alpha value is -0.690. The second kappa shape index (κ2) is 8.08. The zero-order valence-corrected chi connectivity index (χ0v) is 14.4. The van der Waals surface area contributed by atoms with Crippen LogP contribution in [0.3, 0.4) is 0 Å². The number of nitrogens with zero attached hydrogens (tertiary/aromatic N) is 2.